The van der Waals surface area contributed by atoms with Crippen molar-refractivity contribution >= 4 is 34.3 Å². The third kappa shape index (κ3) is 4.29. The third-order valence-electron chi connectivity index (χ3n) is 4.94. The highest BCUT2D eigenvalue weighted by Gasteiger charge is 2.34. The molecule has 6 heteroatoms. The van der Waals surface area contributed by atoms with Crippen molar-refractivity contribution in [1.29, 1.82) is 0 Å². The third-order valence-corrected chi connectivity index (χ3v) is 6.47. The average molecular weight is 365 g/mol. The summed E-state index contributed by atoms with van der Waals surface area (Å²) >= 11 is 7.16. The summed E-state index contributed by atoms with van der Waals surface area (Å²) < 4.78 is 0.932. The number of carboxylic acid groups (broad SMARTS) is 1. The van der Waals surface area contributed by atoms with Crippen molar-refractivity contribution in [2.75, 3.05) is 12.5 Å². The van der Waals surface area contributed by atoms with Gasteiger partial charge < -0.3 is 10.0 Å². The first-order valence-electron chi connectivity index (χ1n) is 8.59. The summed E-state index contributed by atoms with van der Waals surface area (Å²) in [7, 11) is 0. The maximum absolute atomic E-state index is 11.9. The number of thiocarbonyl (C=S) groups is 1. The van der Waals surface area contributed by atoms with Gasteiger partial charge in [-0.2, -0.15) is 0 Å². The number of carboxylic acids is 1. The molecule has 1 saturated carbocycles. The van der Waals surface area contributed by atoms with E-state index in [0.29, 0.717) is 25.0 Å². The van der Waals surface area contributed by atoms with Crippen LogP contribution in [-0.2, 0) is 11.2 Å². The van der Waals surface area contributed by atoms with Crippen LogP contribution in [0.1, 0.15) is 37.7 Å². The van der Waals surface area contributed by atoms with Crippen molar-refractivity contribution in [3.8, 4) is 0 Å². The number of thioether (sulfide) groups is 1. The molecule has 0 aromatic heterocycles. The molecule has 1 N–H and O–H groups in total. The molecule has 24 heavy (non-hydrogen) atoms. The van der Waals surface area contributed by atoms with Crippen molar-refractivity contribution < 1.29 is 9.90 Å². The molecule has 1 aromatic carbocycles. The van der Waals surface area contributed by atoms with E-state index < -0.39 is 12.0 Å². The van der Waals surface area contributed by atoms with Gasteiger partial charge in [0.25, 0.3) is 0 Å². The molecule has 1 aliphatic carbocycles. The molecule has 0 unspecified atom stereocenters. The molecule has 1 aromatic rings. The van der Waals surface area contributed by atoms with Gasteiger partial charge in [-0.3, -0.25) is 9.69 Å². The summed E-state index contributed by atoms with van der Waals surface area (Å²) in [4.78, 5) is 16.2. The maximum atomic E-state index is 11.9. The molecule has 1 atom stereocenters. The minimum atomic E-state index is -0.754. The van der Waals surface area contributed by atoms with E-state index in [9.17, 15) is 9.90 Å². The van der Waals surface area contributed by atoms with Crippen molar-refractivity contribution in [2.45, 2.75) is 50.6 Å². The number of benzene rings is 1. The molecule has 0 bridgehead atoms. The fraction of sp³-hybridized carbons (Fsp3) is 0.556. The maximum Gasteiger partial charge on any atom is 0.321 e. The van der Waals surface area contributed by atoms with Crippen molar-refractivity contribution in [1.82, 2.24) is 9.80 Å². The van der Waals surface area contributed by atoms with Crippen LogP contribution in [0, 0.1) is 0 Å². The molecule has 1 saturated heterocycles. The van der Waals surface area contributed by atoms with Gasteiger partial charge >= 0.3 is 5.97 Å². The predicted molar refractivity (Wildman–Crippen MR) is 102 cm³/mol. The molecule has 0 amide bonds. The number of nitrogens with zero attached hydrogens (tertiary/aromatic N) is 2. The minimum Gasteiger partial charge on any atom is -0.480 e. The SMILES string of the molecule is O=C(O)[C@H](Cc1ccccc1)N1CSC(=S)N(C2CCCCC2)C1. The molecule has 3 rings (SSSR count). The zero-order valence-electron chi connectivity index (χ0n) is 13.8. The first-order chi connectivity index (χ1) is 11.6. The van der Waals surface area contributed by atoms with Gasteiger partial charge in [0.05, 0.1) is 12.5 Å². The molecule has 0 radical (unpaired) electrons. The Kier molecular flexibility index (Phi) is 6.14. The fourth-order valence-electron chi connectivity index (χ4n) is 3.57. The highest BCUT2D eigenvalue weighted by atomic mass is 32.2. The van der Waals surface area contributed by atoms with E-state index in [1.165, 1.54) is 32.1 Å². The lowest BCUT2D eigenvalue weighted by Crippen LogP contribution is -2.55. The zero-order chi connectivity index (χ0) is 16.9. The monoisotopic (exact) mass is 364 g/mol. The lowest BCUT2D eigenvalue weighted by atomic mass is 9.94. The molecule has 2 fully saturated rings. The lowest BCUT2D eigenvalue weighted by Gasteiger charge is -2.44. The Morgan fingerprint density at radius 1 is 1.25 bits per heavy atom. The van der Waals surface area contributed by atoms with E-state index in [1.807, 2.05) is 30.3 Å². The molecule has 130 valence electrons. The zero-order valence-corrected chi connectivity index (χ0v) is 15.4. The second-order valence-electron chi connectivity index (χ2n) is 6.57. The Morgan fingerprint density at radius 3 is 2.62 bits per heavy atom. The van der Waals surface area contributed by atoms with Crippen molar-refractivity contribution in [3.05, 3.63) is 35.9 Å². The van der Waals surface area contributed by atoms with E-state index >= 15 is 0 Å². The second kappa shape index (κ2) is 8.32. The number of hydrogen-bond donors (Lipinski definition) is 1. The average Bonchev–Trinajstić information content (AvgIpc) is 2.62. The van der Waals surface area contributed by atoms with Crippen LogP contribution in [0.15, 0.2) is 30.3 Å². The van der Waals surface area contributed by atoms with Crippen molar-refractivity contribution in [3.63, 3.8) is 0 Å². The summed E-state index contributed by atoms with van der Waals surface area (Å²) in [6.07, 6.45) is 6.68. The summed E-state index contributed by atoms with van der Waals surface area (Å²) in [5.74, 6) is -0.0952. The number of rotatable bonds is 5. The van der Waals surface area contributed by atoms with Gasteiger partial charge in [-0.15, -0.1) is 0 Å². The largest absolute Gasteiger partial charge is 0.480 e. The number of aliphatic carboxylic acids is 1. The molecule has 0 spiro atoms. The Hall–Kier alpha value is -1.11. The highest BCUT2D eigenvalue weighted by molar-refractivity contribution is 8.22. The second-order valence-corrected chi connectivity index (χ2v) is 8.15. The van der Waals surface area contributed by atoms with E-state index in [-0.39, 0.29) is 0 Å². The molecular formula is C18H24N2O2S2. The van der Waals surface area contributed by atoms with E-state index in [2.05, 4.69) is 9.80 Å². The van der Waals surface area contributed by atoms with Crippen LogP contribution in [0.25, 0.3) is 0 Å². The lowest BCUT2D eigenvalue weighted by molar-refractivity contribution is -0.143. The highest BCUT2D eigenvalue weighted by Crippen LogP contribution is 2.30. The van der Waals surface area contributed by atoms with Gasteiger partial charge in [0.2, 0.25) is 0 Å². The number of hydrogen-bond acceptors (Lipinski definition) is 4. The van der Waals surface area contributed by atoms with Gasteiger partial charge in [0.1, 0.15) is 10.4 Å². The molecule has 1 aliphatic heterocycles. The number of carbonyl (C=O) groups is 1. The molecule has 2 aliphatic rings. The topological polar surface area (TPSA) is 43.8 Å². The van der Waals surface area contributed by atoms with E-state index in [1.54, 1.807) is 11.8 Å². The minimum absolute atomic E-state index is 0.479. The van der Waals surface area contributed by atoms with Crippen LogP contribution in [0.5, 0.6) is 0 Å². The first-order valence-corrected chi connectivity index (χ1v) is 9.98. The van der Waals surface area contributed by atoms with Crippen LogP contribution in [0.2, 0.25) is 0 Å². The molecule has 4 nitrogen and oxygen atoms in total. The standard InChI is InChI=1S/C18H24N2O2S2/c21-17(22)16(11-14-7-3-1-4-8-14)19-12-20(18(23)24-13-19)15-9-5-2-6-10-15/h1,3-4,7-8,15-16H,2,5-6,9-13H2,(H,21,22)/t16-/m0/s1. The first kappa shape index (κ1) is 17.7. The summed E-state index contributed by atoms with van der Waals surface area (Å²) in [6, 6.07) is 9.85. The normalized spacial score (nSPS) is 21.7. The van der Waals surface area contributed by atoms with Crippen LogP contribution in [0.4, 0.5) is 0 Å². The van der Waals surface area contributed by atoms with Gasteiger partial charge in [-0.25, -0.2) is 0 Å². The van der Waals surface area contributed by atoms with Gasteiger partial charge in [-0.1, -0.05) is 73.6 Å². The predicted octanol–water partition coefficient (Wildman–Crippen LogP) is 3.57. The van der Waals surface area contributed by atoms with Gasteiger partial charge in [0.15, 0.2) is 0 Å². The fourth-order valence-corrected chi connectivity index (χ4v) is 4.85. The molecule has 1 heterocycles. The van der Waals surface area contributed by atoms with Gasteiger partial charge in [0, 0.05) is 6.04 Å². The van der Waals surface area contributed by atoms with Gasteiger partial charge in [-0.05, 0) is 24.8 Å². The Balaban J connectivity index is 1.70. The quantitative estimate of drug-likeness (QED) is 0.806. The Morgan fingerprint density at radius 2 is 1.96 bits per heavy atom. The van der Waals surface area contributed by atoms with Crippen molar-refractivity contribution in [2.24, 2.45) is 0 Å². The smallest absolute Gasteiger partial charge is 0.321 e. The Labute approximate surface area is 153 Å². The van der Waals surface area contributed by atoms with E-state index in [0.717, 1.165) is 9.88 Å². The summed E-state index contributed by atoms with van der Waals surface area (Å²) in [5.41, 5.74) is 1.06. The Bertz CT molecular complexity index is 576. The van der Waals surface area contributed by atoms with Crippen LogP contribution in [-0.4, -0.2) is 49.8 Å². The van der Waals surface area contributed by atoms with Crippen LogP contribution < -0.4 is 0 Å². The van der Waals surface area contributed by atoms with E-state index in [4.69, 9.17) is 12.2 Å². The summed E-state index contributed by atoms with van der Waals surface area (Å²) in [5, 5.41) is 9.75. The summed E-state index contributed by atoms with van der Waals surface area (Å²) in [6.45, 7) is 0.639. The van der Waals surface area contributed by atoms with Crippen LogP contribution >= 0.6 is 24.0 Å². The van der Waals surface area contributed by atoms with Crippen LogP contribution in [0.3, 0.4) is 0 Å². The molecular weight excluding hydrogens is 340 g/mol.